The number of hydrogen-bond donors (Lipinski definition) is 0. The van der Waals surface area contributed by atoms with Crippen LogP contribution in [0.5, 0.6) is 0 Å². The minimum atomic E-state index is -5.77. The molecule has 0 spiro atoms. The van der Waals surface area contributed by atoms with Crippen molar-refractivity contribution in [2.24, 2.45) is 0 Å². The van der Waals surface area contributed by atoms with Crippen molar-refractivity contribution in [2.45, 2.75) is 32.2 Å². The molecule has 0 saturated heterocycles. The van der Waals surface area contributed by atoms with Crippen LogP contribution >= 0.6 is 0 Å². The van der Waals surface area contributed by atoms with Crippen LogP contribution < -0.4 is 0 Å². The zero-order valence-corrected chi connectivity index (χ0v) is 10.8. The highest BCUT2D eigenvalue weighted by molar-refractivity contribution is 7.87. The number of esters is 1. The maximum Gasteiger partial charge on any atom is 0.534 e. The number of carbonyl (C=O) groups excluding carboxylic acids is 1. The number of carbonyl (C=O) groups is 1. The standard InChI is InChI=1S/C9H13F3O5S/c1-4-5-7(6(2)8(13)16-3)17-18(14,15)9(10,11)12/h4-5H2,1-3H3/b7-6-. The van der Waals surface area contributed by atoms with Gasteiger partial charge in [0.15, 0.2) is 0 Å². The van der Waals surface area contributed by atoms with Gasteiger partial charge in [-0.1, -0.05) is 6.92 Å². The maximum atomic E-state index is 12.1. The molecule has 0 aliphatic carbocycles. The molecule has 0 atom stereocenters. The fraction of sp³-hybridized carbons (Fsp3) is 0.667. The summed E-state index contributed by atoms with van der Waals surface area (Å²) in [6, 6.07) is 0. The van der Waals surface area contributed by atoms with Crippen LogP contribution in [0.1, 0.15) is 26.7 Å². The molecule has 0 bridgehead atoms. The zero-order valence-electron chi connectivity index (χ0n) is 10.00. The van der Waals surface area contributed by atoms with E-state index in [0.29, 0.717) is 6.42 Å². The fourth-order valence-electron chi connectivity index (χ4n) is 0.965. The van der Waals surface area contributed by atoms with Gasteiger partial charge in [-0.15, -0.1) is 0 Å². The normalized spacial score (nSPS) is 13.9. The van der Waals surface area contributed by atoms with Gasteiger partial charge in [-0.05, 0) is 13.3 Å². The Kier molecular flexibility index (Phi) is 5.65. The molecule has 0 aliphatic heterocycles. The Morgan fingerprint density at radius 1 is 1.28 bits per heavy atom. The highest BCUT2D eigenvalue weighted by atomic mass is 32.2. The van der Waals surface area contributed by atoms with E-state index in [-0.39, 0.29) is 12.0 Å². The number of hydrogen-bond acceptors (Lipinski definition) is 5. The molecule has 9 heteroatoms. The van der Waals surface area contributed by atoms with Crippen LogP contribution in [0.2, 0.25) is 0 Å². The predicted octanol–water partition coefficient (Wildman–Crippen LogP) is 2.10. The fourth-order valence-corrected chi connectivity index (χ4v) is 1.53. The van der Waals surface area contributed by atoms with Gasteiger partial charge in [0.25, 0.3) is 0 Å². The summed E-state index contributed by atoms with van der Waals surface area (Å²) < 4.78 is 66.3. The molecular weight excluding hydrogens is 277 g/mol. The van der Waals surface area contributed by atoms with Crippen molar-refractivity contribution in [1.82, 2.24) is 0 Å². The monoisotopic (exact) mass is 290 g/mol. The first-order chi connectivity index (χ1) is 8.06. The summed E-state index contributed by atoms with van der Waals surface area (Å²) in [6.45, 7) is 2.72. The lowest BCUT2D eigenvalue weighted by atomic mass is 10.2. The van der Waals surface area contributed by atoms with Crippen LogP contribution in [0.3, 0.4) is 0 Å². The van der Waals surface area contributed by atoms with E-state index in [4.69, 9.17) is 0 Å². The molecule has 5 nitrogen and oxygen atoms in total. The Labute approximate surface area is 103 Å². The molecule has 0 rings (SSSR count). The average Bonchev–Trinajstić information content (AvgIpc) is 2.24. The summed E-state index contributed by atoms with van der Waals surface area (Å²) in [6.07, 6.45) is 0.174. The Morgan fingerprint density at radius 3 is 2.11 bits per heavy atom. The van der Waals surface area contributed by atoms with Gasteiger partial charge >= 0.3 is 21.6 Å². The summed E-state index contributed by atoms with van der Waals surface area (Å²) >= 11 is 0. The first kappa shape index (κ1) is 16.8. The molecule has 0 N–H and O–H groups in total. The van der Waals surface area contributed by atoms with Gasteiger partial charge < -0.3 is 8.92 Å². The minimum absolute atomic E-state index is 0.129. The molecule has 0 radical (unpaired) electrons. The van der Waals surface area contributed by atoms with E-state index in [0.717, 1.165) is 14.0 Å². The van der Waals surface area contributed by atoms with E-state index in [1.54, 1.807) is 6.92 Å². The van der Waals surface area contributed by atoms with Gasteiger partial charge in [0.2, 0.25) is 0 Å². The first-order valence-electron chi connectivity index (χ1n) is 4.85. The van der Waals surface area contributed by atoms with Crippen LogP contribution in [0, 0.1) is 0 Å². The van der Waals surface area contributed by atoms with Gasteiger partial charge in [0.05, 0.1) is 12.7 Å². The smallest absolute Gasteiger partial charge is 0.466 e. The van der Waals surface area contributed by atoms with Crippen LogP contribution in [-0.4, -0.2) is 27.0 Å². The SMILES string of the molecule is CCC/C(OS(=O)(=O)C(F)(F)F)=C(\C)C(=O)OC. The second-order valence-corrected chi connectivity index (χ2v) is 4.81. The second kappa shape index (κ2) is 6.07. The van der Waals surface area contributed by atoms with Crippen LogP contribution in [-0.2, 0) is 23.8 Å². The van der Waals surface area contributed by atoms with Gasteiger partial charge in [-0.2, -0.15) is 21.6 Å². The van der Waals surface area contributed by atoms with Crippen LogP contribution in [0.25, 0.3) is 0 Å². The first-order valence-corrected chi connectivity index (χ1v) is 6.26. The number of halogens is 3. The third-order valence-electron chi connectivity index (χ3n) is 1.88. The maximum absolute atomic E-state index is 12.1. The molecule has 0 aromatic heterocycles. The van der Waals surface area contributed by atoms with Gasteiger partial charge in [0, 0.05) is 6.42 Å². The molecular formula is C9H13F3O5S. The highest BCUT2D eigenvalue weighted by Crippen LogP contribution is 2.28. The van der Waals surface area contributed by atoms with Crippen molar-refractivity contribution in [3.8, 4) is 0 Å². The van der Waals surface area contributed by atoms with Gasteiger partial charge in [0.1, 0.15) is 5.76 Å². The number of allylic oxidation sites excluding steroid dienone is 1. The lowest BCUT2D eigenvalue weighted by Crippen LogP contribution is -2.26. The third-order valence-corrected chi connectivity index (χ3v) is 2.87. The largest absolute Gasteiger partial charge is 0.534 e. The zero-order chi connectivity index (χ0) is 14.6. The Hall–Kier alpha value is -1.25. The Bertz CT molecular complexity index is 436. The Balaban J connectivity index is 5.38. The van der Waals surface area contributed by atoms with Gasteiger partial charge in [-0.3, -0.25) is 0 Å². The minimum Gasteiger partial charge on any atom is -0.466 e. The molecule has 106 valence electrons. The molecule has 0 heterocycles. The lowest BCUT2D eigenvalue weighted by molar-refractivity contribution is -0.136. The molecule has 18 heavy (non-hydrogen) atoms. The third kappa shape index (κ3) is 4.21. The van der Waals surface area contributed by atoms with Gasteiger partial charge in [-0.25, -0.2) is 4.79 Å². The van der Waals surface area contributed by atoms with Crippen molar-refractivity contribution in [3.05, 3.63) is 11.3 Å². The van der Waals surface area contributed by atoms with Crippen LogP contribution in [0.4, 0.5) is 13.2 Å². The van der Waals surface area contributed by atoms with Crippen LogP contribution in [0.15, 0.2) is 11.3 Å². The van der Waals surface area contributed by atoms with Crippen molar-refractivity contribution >= 4 is 16.1 Å². The summed E-state index contributed by atoms with van der Waals surface area (Å²) in [5.74, 6) is -1.52. The van der Waals surface area contributed by atoms with E-state index < -0.39 is 27.4 Å². The molecule has 0 aromatic rings. The van der Waals surface area contributed by atoms with Crippen molar-refractivity contribution in [2.75, 3.05) is 7.11 Å². The highest BCUT2D eigenvalue weighted by Gasteiger charge is 2.49. The molecule has 0 fully saturated rings. The molecule has 0 aliphatic rings. The summed E-state index contributed by atoms with van der Waals surface area (Å²) in [7, 11) is -4.75. The summed E-state index contributed by atoms with van der Waals surface area (Å²) in [5.41, 5.74) is -5.85. The molecule has 0 aromatic carbocycles. The lowest BCUT2D eigenvalue weighted by Gasteiger charge is -2.13. The summed E-state index contributed by atoms with van der Waals surface area (Å²) in [5, 5.41) is 0. The molecule has 0 unspecified atom stereocenters. The quantitative estimate of drug-likeness (QED) is 0.255. The molecule has 0 saturated carbocycles. The van der Waals surface area contributed by atoms with E-state index in [2.05, 4.69) is 8.92 Å². The number of alkyl halides is 3. The predicted molar refractivity (Wildman–Crippen MR) is 55.7 cm³/mol. The van der Waals surface area contributed by atoms with E-state index in [9.17, 15) is 26.4 Å². The Morgan fingerprint density at radius 2 is 1.78 bits per heavy atom. The van der Waals surface area contributed by atoms with E-state index >= 15 is 0 Å². The summed E-state index contributed by atoms with van der Waals surface area (Å²) in [4.78, 5) is 11.1. The van der Waals surface area contributed by atoms with Crippen molar-refractivity contribution < 1.29 is 35.3 Å². The van der Waals surface area contributed by atoms with Crippen molar-refractivity contribution in [3.63, 3.8) is 0 Å². The number of rotatable bonds is 5. The van der Waals surface area contributed by atoms with E-state index in [1.807, 2.05) is 0 Å². The average molecular weight is 290 g/mol. The van der Waals surface area contributed by atoms with Crippen molar-refractivity contribution in [1.29, 1.82) is 0 Å². The molecule has 0 amide bonds. The number of methoxy groups -OCH3 is 1. The topological polar surface area (TPSA) is 69.7 Å². The second-order valence-electron chi connectivity index (χ2n) is 3.27. The van der Waals surface area contributed by atoms with E-state index in [1.165, 1.54) is 0 Å². The number of ether oxygens (including phenoxy) is 1.